The van der Waals surface area contributed by atoms with Crippen LogP contribution in [-0.2, 0) is 16.1 Å². The molecule has 164 valence electrons. The maximum Gasteiger partial charge on any atom is 0.411 e. The maximum atomic E-state index is 13.3. The molecule has 2 aliphatic heterocycles. The van der Waals surface area contributed by atoms with Gasteiger partial charge in [-0.2, -0.15) is 0 Å². The Morgan fingerprint density at radius 2 is 1.77 bits per heavy atom. The number of carbonyl (C=O) groups excluding carboxylic acids is 2. The number of hydrogen-bond donors (Lipinski definition) is 0. The average Bonchev–Trinajstić information content (AvgIpc) is 3.40. The van der Waals surface area contributed by atoms with Crippen molar-refractivity contribution in [2.45, 2.75) is 51.8 Å². The van der Waals surface area contributed by atoms with Crippen molar-refractivity contribution in [1.82, 2.24) is 19.8 Å². The number of ether oxygens (including phenoxy) is 2. The van der Waals surface area contributed by atoms with E-state index >= 15 is 0 Å². The van der Waals surface area contributed by atoms with E-state index in [9.17, 15) is 9.59 Å². The quantitative estimate of drug-likeness (QED) is 0.749. The third kappa shape index (κ3) is 4.33. The van der Waals surface area contributed by atoms with Crippen LogP contribution in [0.2, 0.25) is 0 Å². The van der Waals surface area contributed by atoms with Crippen LogP contribution in [0.25, 0.3) is 11.4 Å². The first kappa shape index (κ1) is 21.1. The second kappa shape index (κ2) is 8.17. The summed E-state index contributed by atoms with van der Waals surface area (Å²) in [6, 6.07) is 6.70. The highest BCUT2D eigenvalue weighted by Gasteiger charge is 2.43. The highest BCUT2D eigenvalue weighted by molar-refractivity contribution is 5.88. The summed E-state index contributed by atoms with van der Waals surface area (Å²) in [5, 5.41) is 0. The van der Waals surface area contributed by atoms with Crippen molar-refractivity contribution in [2.75, 3.05) is 20.2 Å². The molecule has 2 aromatic rings. The van der Waals surface area contributed by atoms with Gasteiger partial charge < -0.3 is 14.4 Å². The summed E-state index contributed by atoms with van der Waals surface area (Å²) >= 11 is 0. The van der Waals surface area contributed by atoms with Gasteiger partial charge in [-0.25, -0.2) is 14.8 Å². The number of carbonyl (C=O) groups is 2. The second-order valence-corrected chi connectivity index (χ2v) is 8.87. The molecule has 1 aromatic heterocycles. The Morgan fingerprint density at radius 3 is 2.39 bits per heavy atom. The number of likely N-dealkylation sites (tertiary alicyclic amines) is 1. The molecule has 1 atom stereocenters. The van der Waals surface area contributed by atoms with Crippen LogP contribution in [0.3, 0.4) is 0 Å². The van der Waals surface area contributed by atoms with Crippen LogP contribution < -0.4 is 4.74 Å². The van der Waals surface area contributed by atoms with Crippen LogP contribution in [0.15, 0.2) is 30.5 Å². The number of hydrogen-bond acceptors (Lipinski definition) is 6. The van der Waals surface area contributed by atoms with E-state index in [0.717, 1.165) is 24.2 Å². The fraction of sp³-hybridized carbons (Fsp3) is 0.478. The summed E-state index contributed by atoms with van der Waals surface area (Å²) in [6.45, 7) is 7.06. The third-order valence-corrected chi connectivity index (χ3v) is 5.45. The number of nitrogens with zero attached hydrogens (tertiary/aromatic N) is 4. The van der Waals surface area contributed by atoms with Crippen LogP contribution in [0.1, 0.15) is 50.9 Å². The van der Waals surface area contributed by atoms with Crippen molar-refractivity contribution in [1.29, 1.82) is 0 Å². The summed E-state index contributed by atoms with van der Waals surface area (Å²) in [5.74, 6) is 1.19. The van der Waals surface area contributed by atoms with Gasteiger partial charge in [0.1, 0.15) is 17.4 Å². The van der Waals surface area contributed by atoms with Crippen molar-refractivity contribution >= 4 is 12.0 Å². The van der Waals surface area contributed by atoms with E-state index in [-0.39, 0.29) is 12.5 Å². The molecule has 0 spiro atoms. The van der Waals surface area contributed by atoms with Crippen LogP contribution in [0.5, 0.6) is 5.75 Å². The number of methoxy groups -OCH3 is 1. The molecule has 1 aromatic carbocycles. The van der Waals surface area contributed by atoms with Crippen molar-refractivity contribution in [3.63, 3.8) is 0 Å². The molecule has 0 aliphatic carbocycles. The number of rotatable bonds is 3. The van der Waals surface area contributed by atoms with Gasteiger partial charge in [0.15, 0.2) is 5.82 Å². The van der Waals surface area contributed by atoms with E-state index in [4.69, 9.17) is 14.5 Å². The monoisotopic (exact) mass is 424 g/mol. The molecule has 3 heterocycles. The minimum atomic E-state index is -0.757. The lowest BCUT2D eigenvalue weighted by Gasteiger charge is -2.30. The summed E-state index contributed by atoms with van der Waals surface area (Å²) in [7, 11) is 1.61. The first-order chi connectivity index (χ1) is 14.8. The van der Waals surface area contributed by atoms with Gasteiger partial charge in [0, 0.05) is 30.4 Å². The molecule has 8 heteroatoms. The smallest absolute Gasteiger partial charge is 0.411 e. The minimum Gasteiger partial charge on any atom is -0.497 e. The number of fused-ring (bicyclic) bond motifs is 1. The van der Waals surface area contributed by atoms with Crippen LogP contribution in [0.4, 0.5) is 4.79 Å². The molecule has 0 N–H and O–H groups in total. The van der Waals surface area contributed by atoms with E-state index in [1.54, 1.807) is 13.3 Å². The fourth-order valence-electron chi connectivity index (χ4n) is 3.95. The summed E-state index contributed by atoms with van der Waals surface area (Å²) in [5.41, 5.74) is 1.51. The van der Waals surface area contributed by atoms with Gasteiger partial charge in [0.2, 0.25) is 5.91 Å². The van der Waals surface area contributed by atoms with Gasteiger partial charge in [-0.1, -0.05) is 0 Å². The van der Waals surface area contributed by atoms with Crippen LogP contribution in [0, 0.1) is 0 Å². The van der Waals surface area contributed by atoms with Gasteiger partial charge in [0.25, 0.3) is 0 Å². The van der Waals surface area contributed by atoms with E-state index in [2.05, 4.69) is 4.98 Å². The molecule has 31 heavy (non-hydrogen) atoms. The maximum absolute atomic E-state index is 13.3. The van der Waals surface area contributed by atoms with Crippen molar-refractivity contribution in [2.24, 2.45) is 0 Å². The zero-order valence-corrected chi connectivity index (χ0v) is 18.4. The van der Waals surface area contributed by atoms with Crippen LogP contribution in [-0.4, -0.2) is 57.6 Å². The topological polar surface area (TPSA) is 84.9 Å². The second-order valence-electron chi connectivity index (χ2n) is 8.87. The molecule has 1 fully saturated rings. The molecule has 4 rings (SSSR count). The molecular formula is C23H28N4O4. The lowest BCUT2D eigenvalue weighted by atomic mass is 10.1. The zero-order valence-electron chi connectivity index (χ0n) is 18.4. The van der Waals surface area contributed by atoms with Crippen molar-refractivity contribution < 1.29 is 19.1 Å². The largest absolute Gasteiger partial charge is 0.497 e. The van der Waals surface area contributed by atoms with E-state index in [1.807, 2.05) is 49.9 Å². The fourth-order valence-corrected chi connectivity index (χ4v) is 3.95. The van der Waals surface area contributed by atoms with Crippen molar-refractivity contribution in [3.05, 3.63) is 41.7 Å². The normalized spacial score (nSPS) is 18.1. The van der Waals surface area contributed by atoms with Crippen molar-refractivity contribution in [3.8, 4) is 17.1 Å². The summed E-state index contributed by atoms with van der Waals surface area (Å²) in [4.78, 5) is 38.8. The Labute approximate surface area is 182 Å². The Kier molecular flexibility index (Phi) is 5.56. The summed E-state index contributed by atoms with van der Waals surface area (Å²) in [6.07, 6.45) is 3.11. The number of benzene rings is 1. The molecular weight excluding hydrogens is 396 g/mol. The zero-order chi connectivity index (χ0) is 22.2. The predicted octanol–water partition coefficient (Wildman–Crippen LogP) is 3.57. The molecule has 0 saturated carbocycles. The van der Waals surface area contributed by atoms with E-state index in [0.29, 0.717) is 30.2 Å². The van der Waals surface area contributed by atoms with Crippen LogP contribution >= 0.6 is 0 Å². The van der Waals surface area contributed by atoms with Gasteiger partial charge >= 0.3 is 6.09 Å². The highest BCUT2D eigenvalue weighted by atomic mass is 16.6. The molecule has 2 aliphatic rings. The Bertz CT molecular complexity index is 978. The first-order valence-corrected chi connectivity index (χ1v) is 10.6. The SMILES string of the molecule is COc1ccc(-c2ncc3c(n2)CN(C(=O)OC(C)(C)C)C3C(=O)N2CCCC2)cc1. The highest BCUT2D eigenvalue weighted by Crippen LogP contribution is 2.36. The molecule has 8 nitrogen and oxygen atoms in total. The molecule has 2 amide bonds. The number of aromatic nitrogens is 2. The summed E-state index contributed by atoms with van der Waals surface area (Å²) < 4.78 is 10.8. The van der Waals surface area contributed by atoms with E-state index in [1.165, 1.54) is 4.90 Å². The minimum absolute atomic E-state index is 0.0945. The predicted molar refractivity (Wildman–Crippen MR) is 114 cm³/mol. The van der Waals surface area contributed by atoms with Gasteiger partial charge in [-0.15, -0.1) is 0 Å². The van der Waals surface area contributed by atoms with E-state index < -0.39 is 17.7 Å². The lowest BCUT2D eigenvalue weighted by Crippen LogP contribution is -2.43. The number of amides is 2. The first-order valence-electron chi connectivity index (χ1n) is 10.6. The third-order valence-electron chi connectivity index (χ3n) is 5.45. The van der Waals surface area contributed by atoms with Gasteiger partial charge in [-0.3, -0.25) is 9.69 Å². The molecule has 0 radical (unpaired) electrons. The Hall–Kier alpha value is -3.16. The molecule has 0 bridgehead atoms. The standard InChI is InChI=1S/C23H28N4O4/c1-23(2,3)31-22(29)27-14-18-17(19(27)21(28)26-11-5-6-12-26)13-24-20(25-18)15-7-9-16(30-4)10-8-15/h7-10,13,19H,5-6,11-12,14H2,1-4H3. The van der Waals surface area contributed by atoms with Gasteiger partial charge in [0.05, 0.1) is 19.3 Å². The molecule has 1 unspecified atom stereocenters. The Morgan fingerprint density at radius 1 is 1.10 bits per heavy atom. The average molecular weight is 425 g/mol. The van der Waals surface area contributed by atoms with Gasteiger partial charge in [-0.05, 0) is 57.9 Å². The lowest BCUT2D eigenvalue weighted by molar-refractivity contribution is -0.135. The molecule has 1 saturated heterocycles. The Balaban J connectivity index is 1.67.